The maximum atomic E-state index is 9.68. The topological polar surface area (TPSA) is 27.0 Å². The Morgan fingerprint density at radius 3 is 1.48 bits per heavy atom. The van der Waals surface area contributed by atoms with Gasteiger partial charge in [-0.25, -0.2) is 0 Å². The van der Waals surface area contributed by atoms with Crippen LogP contribution in [0, 0.1) is 11.3 Å². The summed E-state index contributed by atoms with van der Waals surface area (Å²) in [7, 11) is 0. The Hall–Kier alpha value is -8.25. The fraction of sp³-hybridized carbons (Fsp3) is 0.0484. The Bertz CT molecular complexity index is 3700. The van der Waals surface area contributed by atoms with Gasteiger partial charge in [0.1, 0.15) is 0 Å². The predicted octanol–water partition coefficient (Wildman–Crippen LogP) is 16.9. The van der Waals surface area contributed by atoms with Gasteiger partial charge in [-0.15, -0.1) is 0 Å². The molecule has 0 bridgehead atoms. The van der Waals surface area contributed by atoms with Crippen LogP contribution in [0.5, 0.6) is 0 Å². The molecule has 12 rings (SSSR count). The first-order valence-corrected chi connectivity index (χ1v) is 22.0. The van der Waals surface area contributed by atoms with E-state index in [1.165, 1.54) is 87.6 Å². The molecule has 0 atom stereocenters. The SMILES string of the molecule is CC1(C)c2ccccc2-c2ccc(N(c3ccc(C#N)cc3)c3ccc(-c4ccc5c(-c6ccc7ccccc7c6)c6ccccc6c(-c6ccc7ccccc7c6)c5c4)cc3)cc21. The van der Waals surface area contributed by atoms with Gasteiger partial charge in [-0.3, -0.25) is 0 Å². The van der Waals surface area contributed by atoms with Crippen molar-refractivity contribution in [3.8, 4) is 50.6 Å². The molecule has 0 saturated heterocycles. The van der Waals surface area contributed by atoms with Crippen molar-refractivity contribution in [1.82, 2.24) is 0 Å². The van der Waals surface area contributed by atoms with Gasteiger partial charge in [-0.2, -0.15) is 5.26 Å². The lowest BCUT2D eigenvalue weighted by molar-refractivity contribution is 0.660. The molecule has 1 aliphatic rings. The summed E-state index contributed by atoms with van der Waals surface area (Å²) < 4.78 is 0. The number of rotatable bonds is 6. The Kier molecular flexibility index (Phi) is 8.61. The first kappa shape index (κ1) is 37.5. The minimum Gasteiger partial charge on any atom is -0.310 e. The molecule has 0 aliphatic heterocycles. The van der Waals surface area contributed by atoms with Gasteiger partial charge >= 0.3 is 0 Å². The summed E-state index contributed by atoms with van der Waals surface area (Å²) in [6, 6.07) is 81.8. The Morgan fingerprint density at radius 2 is 0.844 bits per heavy atom. The Morgan fingerprint density at radius 1 is 0.359 bits per heavy atom. The average Bonchev–Trinajstić information content (AvgIpc) is 3.58. The molecule has 300 valence electrons. The number of nitriles is 1. The monoisotopic (exact) mass is 814 g/mol. The van der Waals surface area contributed by atoms with E-state index in [4.69, 9.17) is 0 Å². The average molecular weight is 815 g/mol. The molecule has 64 heavy (non-hydrogen) atoms. The van der Waals surface area contributed by atoms with Crippen molar-refractivity contribution >= 4 is 60.2 Å². The molecule has 0 heterocycles. The second-order valence-electron chi connectivity index (χ2n) is 17.6. The maximum absolute atomic E-state index is 9.68. The van der Waals surface area contributed by atoms with Gasteiger partial charge in [0.2, 0.25) is 0 Å². The highest BCUT2D eigenvalue weighted by atomic mass is 15.1. The predicted molar refractivity (Wildman–Crippen MR) is 270 cm³/mol. The van der Waals surface area contributed by atoms with Crippen molar-refractivity contribution in [2.24, 2.45) is 0 Å². The van der Waals surface area contributed by atoms with Crippen molar-refractivity contribution in [2.45, 2.75) is 19.3 Å². The largest absolute Gasteiger partial charge is 0.310 e. The molecule has 0 amide bonds. The molecule has 0 saturated carbocycles. The number of hydrogen-bond donors (Lipinski definition) is 0. The molecule has 2 heteroatoms. The van der Waals surface area contributed by atoms with Crippen LogP contribution in [-0.4, -0.2) is 0 Å². The number of anilines is 3. The van der Waals surface area contributed by atoms with E-state index >= 15 is 0 Å². The van der Waals surface area contributed by atoms with Gasteiger partial charge in [0.25, 0.3) is 0 Å². The van der Waals surface area contributed by atoms with Crippen molar-refractivity contribution in [3.05, 3.63) is 235 Å². The normalized spacial score (nSPS) is 12.6. The van der Waals surface area contributed by atoms with Crippen LogP contribution >= 0.6 is 0 Å². The first-order valence-electron chi connectivity index (χ1n) is 22.0. The van der Waals surface area contributed by atoms with E-state index in [0.717, 1.165) is 28.2 Å². The van der Waals surface area contributed by atoms with Crippen LogP contribution in [0.15, 0.2) is 218 Å². The van der Waals surface area contributed by atoms with E-state index in [-0.39, 0.29) is 5.41 Å². The zero-order valence-electron chi connectivity index (χ0n) is 35.7. The van der Waals surface area contributed by atoms with E-state index in [1.807, 2.05) is 12.1 Å². The molecular weight excluding hydrogens is 773 g/mol. The van der Waals surface area contributed by atoms with Crippen molar-refractivity contribution < 1.29 is 0 Å². The van der Waals surface area contributed by atoms with Crippen molar-refractivity contribution in [2.75, 3.05) is 4.90 Å². The third kappa shape index (κ3) is 6.01. The summed E-state index contributed by atoms with van der Waals surface area (Å²) >= 11 is 0. The quantitative estimate of drug-likeness (QED) is 0.156. The summed E-state index contributed by atoms with van der Waals surface area (Å²) in [6.45, 7) is 4.65. The summed E-state index contributed by atoms with van der Waals surface area (Å²) in [4.78, 5) is 2.31. The second kappa shape index (κ2) is 14.7. The highest BCUT2D eigenvalue weighted by molar-refractivity contribution is 6.22. The maximum Gasteiger partial charge on any atom is 0.0991 e. The van der Waals surface area contributed by atoms with Gasteiger partial charge in [0.05, 0.1) is 11.6 Å². The number of benzene rings is 11. The minimum atomic E-state index is -0.136. The molecule has 1 aliphatic carbocycles. The van der Waals surface area contributed by atoms with Crippen molar-refractivity contribution in [1.29, 1.82) is 5.26 Å². The molecule has 11 aromatic carbocycles. The van der Waals surface area contributed by atoms with Crippen LogP contribution in [0.3, 0.4) is 0 Å². The van der Waals surface area contributed by atoms with E-state index in [2.05, 4.69) is 231 Å². The van der Waals surface area contributed by atoms with Crippen LogP contribution in [0.2, 0.25) is 0 Å². The number of fused-ring (bicyclic) bond motifs is 7. The summed E-state index contributed by atoms with van der Waals surface area (Å²) in [5, 5.41) is 19.5. The smallest absolute Gasteiger partial charge is 0.0991 e. The van der Waals surface area contributed by atoms with Gasteiger partial charge in [0.15, 0.2) is 0 Å². The van der Waals surface area contributed by atoms with E-state index in [9.17, 15) is 5.26 Å². The van der Waals surface area contributed by atoms with Crippen LogP contribution in [0.4, 0.5) is 17.1 Å². The zero-order chi connectivity index (χ0) is 42.9. The molecular formula is C62H42N2. The molecule has 0 unspecified atom stereocenters. The fourth-order valence-electron chi connectivity index (χ4n) is 10.4. The van der Waals surface area contributed by atoms with Crippen LogP contribution < -0.4 is 4.90 Å². The molecule has 2 nitrogen and oxygen atoms in total. The first-order chi connectivity index (χ1) is 31.4. The van der Waals surface area contributed by atoms with Gasteiger partial charge < -0.3 is 4.90 Å². The third-order valence-electron chi connectivity index (χ3n) is 13.6. The highest BCUT2D eigenvalue weighted by Gasteiger charge is 2.35. The summed E-state index contributed by atoms with van der Waals surface area (Å²) in [5.41, 5.74) is 16.1. The van der Waals surface area contributed by atoms with Crippen LogP contribution in [0.1, 0.15) is 30.5 Å². The minimum absolute atomic E-state index is 0.136. The van der Waals surface area contributed by atoms with Gasteiger partial charge in [-0.1, -0.05) is 166 Å². The van der Waals surface area contributed by atoms with Crippen LogP contribution in [0.25, 0.3) is 87.6 Å². The Labute approximate surface area is 373 Å². The molecule has 0 spiro atoms. The lowest BCUT2D eigenvalue weighted by Crippen LogP contribution is -2.16. The van der Waals surface area contributed by atoms with Gasteiger partial charge in [0, 0.05) is 22.5 Å². The van der Waals surface area contributed by atoms with Crippen molar-refractivity contribution in [3.63, 3.8) is 0 Å². The molecule has 0 N–H and O–H groups in total. The van der Waals surface area contributed by atoms with E-state index in [1.54, 1.807) is 0 Å². The molecule has 0 aromatic heterocycles. The Balaban J connectivity index is 1.03. The number of hydrogen-bond acceptors (Lipinski definition) is 2. The summed E-state index contributed by atoms with van der Waals surface area (Å²) in [5.74, 6) is 0. The number of nitrogens with zero attached hydrogens (tertiary/aromatic N) is 2. The fourth-order valence-corrected chi connectivity index (χ4v) is 10.4. The highest BCUT2D eigenvalue weighted by Crippen LogP contribution is 2.51. The zero-order valence-corrected chi connectivity index (χ0v) is 35.7. The molecule has 0 radical (unpaired) electrons. The van der Waals surface area contributed by atoms with Gasteiger partial charge in [-0.05, 0) is 165 Å². The third-order valence-corrected chi connectivity index (χ3v) is 13.6. The lowest BCUT2D eigenvalue weighted by atomic mass is 9.82. The lowest BCUT2D eigenvalue weighted by Gasteiger charge is -2.28. The second-order valence-corrected chi connectivity index (χ2v) is 17.6. The van der Waals surface area contributed by atoms with Crippen LogP contribution in [-0.2, 0) is 5.41 Å². The summed E-state index contributed by atoms with van der Waals surface area (Å²) in [6.07, 6.45) is 0. The molecule has 0 fully saturated rings. The molecule has 11 aromatic rings. The van der Waals surface area contributed by atoms with E-state index < -0.39 is 0 Å². The standard InChI is InChI=1S/C62H42N2/c1-62(2)58-18-10-9-15-52(58)53-34-32-51(38-59(53)62)64(49-28-19-40(39-63)20-29-49)50-30-25-43(26-31-50)46-27-33-56-57(37-46)61(48-24-22-42-12-4-6-14-45(42)36-48)55-17-8-7-16-54(55)60(56)47-23-21-41-11-3-5-13-44(41)35-47/h3-38H,1-2H3. The van der Waals surface area contributed by atoms with E-state index in [0.29, 0.717) is 5.56 Å².